The molecule has 0 fully saturated rings. The van der Waals surface area contributed by atoms with Crippen LogP contribution in [0.4, 0.5) is 0 Å². The van der Waals surface area contributed by atoms with Crippen LogP contribution in [0.15, 0.2) is 80.1 Å². The highest BCUT2D eigenvalue weighted by Crippen LogP contribution is 2.33. The van der Waals surface area contributed by atoms with Crippen LogP contribution < -0.4 is 19.6 Å². The zero-order chi connectivity index (χ0) is 28.6. The lowest BCUT2D eigenvalue weighted by Gasteiger charge is -2.24. The first-order chi connectivity index (χ1) is 19.2. The van der Waals surface area contributed by atoms with Crippen molar-refractivity contribution in [1.82, 2.24) is 4.57 Å². The van der Waals surface area contributed by atoms with Gasteiger partial charge in [0.25, 0.3) is 5.56 Å². The van der Waals surface area contributed by atoms with Gasteiger partial charge in [0.05, 0.1) is 33.5 Å². The molecule has 0 saturated carbocycles. The molecule has 2 aromatic carbocycles. The maximum Gasteiger partial charge on any atom is 0.338 e. The molecule has 2 aromatic heterocycles. The van der Waals surface area contributed by atoms with E-state index in [-0.39, 0.29) is 17.7 Å². The van der Waals surface area contributed by atoms with Gasteiger partial charge in [-0.3, -0.25) is 14.2 Å². The average Bonchev–Trinajstić information content (AvgIpc) is 3.47. The molecule has 1 atom stereocenters. The highest BCUT2D eigenvalue weighted by atomic mass is 35.5. The molecule has 0 bridgehead atoms. The Bertz CT molecular complexity index is 1850. The normalized spacial score (nSPS) is 15.0. The molecule has 1 aliphatic rings. The third kappa shape index (κ3) is 5.40. The summed E-state index contributed by atoms with van der Waals surface area (Å²) in [5, 5.41) is 0.948. The minimum atomic E-state index is -0.802. The Kier molecular flexibility index (Phi) is 7.80. The number of nitrogens with zero attached hydrogens (tertiary/aromatic N) is 2. The highest BCUT2D eigenvalue weighted by molar-refractivity contribution is 7.07. The summed E-state index contributed by atoms with van der Waals surface area (Å²) in [5.41, 5.74) is 1.63. The molecule has 11 heteroatoms. The van der Waals surface area contributed by atoms with Crippen molar-refractivity contribution in [1.29, 1.82) is 0 Å². The summed E-state index contributed by atoms with van der Waals surface area (Å²) in [6.45, 7) is 4.89. The van der Waals surface area contributed by atoms with Gasteiger partial charge in [0.2, 0.25) is 0 Å². The topological polar surface area (TPSA) is 100 Å². The number of carbonyl (C=O) groups is 2. The molecular formula is C29H22Cl2N2O6S. The van der Waals surface area contributed by atoms with Crippen LogP contribution in [-0.4, -0.2) is 23.1 Å². The quantitative estimate of drug-likeness (QED) is 0.221. The summed E-state index contributed by atoms with van der Waals surface area (Å²) in [6, 6.07) is 14.4. The number of esters is 2. The van der Waals surface area contributed by atoms with Crippen LogP contribution >= 0.6 is 34.5 Å². The Morgan fingerprint density at radius 2 is 1.88 bits per heavy atom. The predicted octanol–water partition coefficient (Wildman–Crippen LogP) is 5.29. The van der Waals surface area contributed by atoms with Crippen LogP contribution in [0, 0.1) is 0 Å². The SMILES string of the molecule is CCOC(=O)C1=C(C)N=c2s/c(=C/c3ccc(-c4ccc(Cl)cc4Cl)o3)c(=O)n2C1c1ccc(OC(C)=O)cc1. The molecule has 0 amide bonds. The predicted molar refractivity (Wildman–Crippen MR) is 152 cm³/mol. The molecule has 40 heavy (non-hydrogen) atoms. The van der Waals surface area contributed by atoms with E-state index in [1.807, 2.05) is 0 Å². The van der Waals surface area contributed by atoms with Gasteiger partial charge in [-0.2, -0.15) is 0 Å². The van der Waals surface area contributed by atoms with Crippen molar-refractivity contribution in [2.45, 2.75) is 26.8 Å². The summed E-state index contributed by atoms with van der Waals surface area (Å²) < 4.78 is 18.3. The molecule has 0 aliphatic carbocycles. The van der Waals surface area contributed by atoms with Crippen LogP contribution in [0.25, 0.3) is 17.4 Å². The molecule has 4 aromatic rings. The number of hydrogen-bond acceptors (Lipinski definition) is 8. The smallest absolute Gasteiger partial charge is 0.338 e. The van der Waals surface area contributed by atoms with Crippen LogP contribution in [-0.2, 0) is 14.3 Å². The number of ether oxygens (including phenoxy) is 2. The number of furan rings is 1. The number of thiazole rings is 1. The number of carbonyl (C=O) groups excluding carboxylic acids is 2. The van der Waals surface area contributed by atoms with Crippen molar-refractivity contribution >= 4 is 52.6 Å². The Hall–Kier alpha value is -3.92. The van der Waals surface area contributed by atoms with Crippen LogP contribution in [0.3, 0.4) is 0 Å². The summed E-state index contributed by atoms with van der Waals surface area (Å²) in [4.78, 5) is 43.2. The van der Waals surface area contributed by atoms with E-state index in [9.17, 15) is 14.4 Å². The Labute approximate surface area is 242 Å². The molecule has 0 saturated heterocycles. The van der Waals surface area contributed by atoms with Crippen molar-refractivity contribution < 1.29 is 23.5 Å². The Balaban J connectivity index is 1.61. The first-order valence-corrected chi connectivity index (χ1v) is 13.8. The van der Waals surface area contributed by atoms with Crippen molar-refractivity contribution in [2.24, 2.45) is 4.99 Å². The minimum Gasteiger partial charge on any atom is -0.463 e. The van der Waals surface area contributed by atoms with Gasteiger partial charge in [-0.25, -0.2) is 9.79 Å². The fourth-order valence-electron chi connectivity index (χ4n) is 4.38. The first kappa shape index (κ1) is 27.6. The fourth-order valence-corrected chi connectivity index (χ4v) is 5.91. The van der Waals surface area contributed by atoms with E-state index in [1.54, 1.807) is 74.5 Å². The number of fused-ring (bicyclic) bond motifs is 1. The van der Waals surface area contributed by atoms with E-state index in [0.29, 0.717) is 53.5 Å². The third-order valence-electron chi connectivity index (χ3n) is 6.07. The number of rotatable bonds is 6. The Morgan fingerprint density at radius 1 is 1.12 bits per heavy atom. The van der Waals surface area contributed by atoms with Gasteiger partial charge in [-0.1, -0.05) is 46.7 Å². The molecule has 3 heterocycles. The van der Waals surface area contributed by atoms with Crippen LogP contribution in [0.1, 0.15) is 38.1 Å². The van der Waals surface area contributed by atoms with Gasteiger partial charge < -0.3 is 13.9 Å². The third-order valence-corrected chi connectivity index (χ3v) is 7.60. The van der Waals surface area contributed by atoms with Crippen molar-refractivity contribution in [3.05, 3.63) is 107 Å². The number of halogens is 2. The van der Waals surface area contributed by atoms with Gasteiger partial charge in [0.15, 0.2) is 4.80 Å². The lowest BCUT2D eigenvalue weighted by atomic mass is 9.96. The zero-order valence-corrected chi connectivity index (χ0v) is 23.9. The summed E-state index contributed by atoms with van der Waals surface area (Å²) in [6.07, 6.45) is 1.63. The standard InChI is InChI=1S/C29H22Cl2N2O6S/c1-4-37-28(36)25-15(2)32-29-33(26(25)17-5-8-19(9-6-17)38-16(3)34)27(35)24(40-29)14-20-10-12-23(39-20)21-11-7-18(30)13-22(21)31/h5-14,26H,4H2,1-3H3/b24-14+. The second-order valence-corrected chi connectivity index (χ2v) is 10.6. The summed E-state index contributed by atoms with van der Waals surface area (Å²) in [7, 11) is 0. The van der Waals surface area contributed by atoms with Gasteiger partial charge >= 0.3 is 11.9 Å². The number of allylic oxidation sites excluding steroid dienone is 1. The number of benzene rings is 2. The maximum absolute atomic E-state index is 13.8. The van der Waals surface area contributed by atoms with Gasteiger partial charge in [-0.05, 0) is 61.9 Å². The van der Waals surface area contributed by atoms with E-state index in [4.69, 9.17) is 37.1 Å². The number of hydrogen-bond donors (Lipinski definition) is 0. The van der Waals surface area contributed by atoms with Crippen molar-refractivity contribution in [2.75, 3.05) is 6.61 Å². The van der Waals surface area contributed by atoms with E-state index in [0.717, 1.165) is 0 Å². The molecule has 0 spiro atoms. The second kappa shape index (κ2) is 11.3. The lowest BCUT2D eigenvalue weighted by Crippen LogP contribution is -2.39. The lowest BCUT2D eigenvalue weighted by molar-refractivity contribution is -0.139. The monoisotopic (exact) mass is 596 g/mol. The van der Waals surface area contributed by atoms with E-state index < -0.39 is 18.0 Å². The van der Waals surface area contributed by atoms with E-state index >= 15 is 0 Å². The molecule has 1 aliphatic heterocycles. The second-order valence-electron chi connectivity index (χ2n) is 8.79. The molecule has 0 N–H and O–H groups in total. The molecule has 0 radical (unpaired) electrons. The Morgan fingerprint density at radius 3 is 2.55 bits per heavy atom. The average molecular weight is 597 g/mol. The molecule has 8 nitrogen and oxygen atoms in total. The molecular weight excluding hydrogens is 575 g/mol. The first-order valence-electron chi connectivity index (χ1n) is 12.2. The molecule has 204 valence electrons. The minimum absolute atomic E-state index is 0.163. The van der Waals surface area contributed by atoms with E-state index in [2.05, 4.69) is 4.99 Å². The van der Waals surface area contributed by atoms with Crippen molar-refractivity contribution in [3.63, 3.8) is 0 Å². The van der Waals surface area contributed by atoms with E-state index in [1.165, 1.54) is 22.8 Å². The highest BCUT2D eigenvalue weighted by Gasteiger charge is 2.33. The largest absolute Gasteiger partial charge is 0.463 e. The number of aromatic nitrogens is 1. The zero-order valence-electron chi connectivity index (χ0n) is 21.6. The van der Waals surface area contributed by atoms with Crippen molar-refractivity contribution in [3.8, 4) is 17.1 Å². The van der Waals surface area contributed by atoms with Gasteiger partial charge in [-0.15, -0.1) is 0 Å². The van der Waals surface area contributed by atoms with Gasteiger partial charge in [0.1, 0.15) is 17.3 Å². The maximum atomic E-state index is 13.8. The summed E-state index contributed by atoms with van der Waals surface area (Å²) in [5.74, 6) is 0.281. The van der Waals surface area contributed by atoms with Crippen LogP contribution in [0.5, 0.6) is 5.75 Å². The summed E-state index contributed by atoms with van der Waals surface area (Å²) >= 11 is 13.5. The molecule has 1 unspecified atom stereocenters. The fraction of sp³-hybridized carbons (Fsp3) is 0.172. The molecule has 5 rings (SSSR count). The van der Waals surface area contributed by atoms with Gasteiger partial charge in [0, 0.05) is 23.6 Å². The van der Waals surface area contributed by atoms with Crippen LogP contribution in [0.2, 0.25) is 10.0 Å².